The first-order valence-electron chi connectivity index (χ1n) is 13.1. The second-order valence-corrected chi connectivity index (χ2v) is 10.8. The zero-order chi connectivity index (χ0) is 29.1. The van der Waals surface area contributed by atoms with E-state index in [9.17, 15) is 9.59 Å². The number of halogens is 1. The van der Waals surface area contributed by atoms with Crippen molar-refractivity contribution in [3.63, 3.8) is 0 Å². The summed E-state index contributed by atoms with van der Waals surface area (Å²) in [6.45, 7) is 6.84. The number of rotatable bonds is 8. The Hall–Kier alpha value is -4.21. The minimum atomic E-state index is -0.528. The molecule has 0 radical (unpaired) electrons. The van der Waals surface area contributed by atoms with Crippen molar-refractivity contribution >= 4 is 56.8 Å². The fourth-order valence-electron chi connectivity index (χ4n) is 4.68. The first-order chi connectivity index (χ1) is 19.7. The van der Waals surface area contributed by atoms with Gasteiger partial charge in [0.25, 0.3) is 11.8 Å². The second kappa shape index (κ2) is 12.1. The molecule has 2 amide bonds. The fraction of sp³-hybridized carbons (Fsp3) is 0.156. The van der Waals surface area contributed by atoms with Crippen LogP contribution in [0.3, 0.4) is 0 Å². The lowest BCUT2D eigenvalue weighted by atomic mass is 10.1. The molecule has 3 aromatic carbocycles. The summed E-state index contributed by atoms with van der Waals surface area (Å²) in [5.74, 6) is 0.429. The molecule has 41 heavy (non-hydrogen) atoms. The fourth-order valence-corrected chi connectivity index (χ4v) is 5.22. The summed E-state index contributed by atoms with van der Waals surface area (Å²) in [4.78, 5) is 27.7. The van der Waals surface area contributed by atoms with Crippen LogP contribution < -0.4 is 19.7 Å². The highest BCUT2D eigenvalue weighted by Gasteiger charge is 2.34. The lowest BCUT2D eigenvalue weighted by molar-refractivity contribution is -0.122. The van der Waals surface area contributed by atoms with Crippen LogP contribution in [-0.2, 0) is 16.2 Å². The summed E-state index contributed by atoms with van der Waals surface area (Å²) in [7, 11) is 0. The molecule has 208 valence electrons. The maximum atomic E-state index is 13.5. The van der Waals surface area contributed by atoms with Crippen molar-refractivity contribution in [2.45, 2.75) is 27.4 Å². The maximum Gasteiger partial charge on any atom is 0.270 e. The highest BCUT2D eigenvalue weighted by atomic mass is 79.9. The van der Waals surface area contributed by atoms with Gasteiger partial charge in [-0.25, -0.2) is 0 Å². The van der Waals surface area contributed by atoms with Crippen molar-refractivity contribution in [3.8, 4) is 17.2 Å². The van der Waals surface area contributed by atoms with E-state index in [1.165, 1.54) is 4.90 Å². The van der Waals surface area contributed by atoms with Gasteiger partial charge in [0.1, 0.15) is 23.7 Å². The van der Waals surface area contributed by atoms with Crippen LogP contribution in [0, 0.1) is 13.8 Å². The molecular weight excluding hydrogens is 602 g/mol. The third kappa shape index (κ3) is 6.11. The van der Waals surface area contributed by atoms with Gasteiger partial charge < -0.3 is 14.0 Å². The van der Waals surface area contributed by atoms with E-state index in [-0.39, 0.29) is 10.7 Å². The van der Waals surface area contributed by atoms with Crippen LogP contribution >= 0.6 is 28.1 Å². The van der Waals surface area contributed by atoms with E-state index in [1.807, 2.05) is 75.4 Å². The van der Waals surface area contributed by atoms with Crippen LogP contribution in [0.15, 0.2) is 88.9 Å². The quantitative estimate of drug-likeness (QED) is 0.134. The topological polar surface area (TPSA) is 72.8 Å². The molecule has 5 rings (SSSR count). The number of aromatic nitrogens is 1. The molecule has 1 aliphatic heterocycles. The molecule has 0 aliphatic carbocycles. The van der Waals surface area contributed by atoms with E-state index in [0.717, 1.165) is 38.4 Å². The van der Waals surface area contributed by atoms with Crippen molar-refractivity contribution in [3.05, 3.63) is 111 Å². The van der Waals surface area contributed by atoms with Gasteiger partial charge >= 0.3 is 0 Å². The van der Waals surface area contributed by atoms with Gasteiger partial charge in [-0.05, 0) is 117 Å². The summed E-state index contributed by atoms with van der Waals surface area (Å²) >= 11 is 8.79. The van der Waals surface area contributed by atoms with Gasteiger partial charge in [0, 0.05) is 21.5 Å². The molecule has 0 spiro atoms. The van der Waals surface area contributed by atoms with Crippen molar-refractivity contribution in [1.29, 1.82) is 0 Å². The molecule has 1 aliphatic rings. The number of hydrogen-bond donors (Lipinski definition) is 1. The molecule has 7 nitrogen and oxygen atoms in total. The van der Waals surface area contributed by atoms with E-state index in [0.29, 0.717) is 24.7 Å². The smallest absolute Gasteiger partial charge is 0.270 e. The number of thiocarbonyl (C=S) groups is 1. The first kappa shape index (κ1) is 28.3. The number of carbonyl (C=O) groups excluding carboxylic acids is 2. The highest BCUT2D eigenvalue weighted by molar-refractivity contribution is 9.10. The Kier molecular flexibility index (Phi) is 8.37. The maximum absolute atomic E-state index is 13.5. The third-order valence-electron chi connectivity index (χ3n) is 6.69. The van der Waals surface area contributed by atoms with Crippen LogP contribution in [0.5, 0.6) is 11.5 Å². The number of carbonyl (C=O) groups is 2. The van der Waals surface area contributed by atoms with Crippen molar-refractivity contribution < 1.29 is 19.1 Å². The zero-order valence-electron chi connectivity index (χ0n) is 22.8. The Bertz CT molecular complexity index is 1640. The molecule has 1 N–H and O–H groups in total. The zero-order valence-corrected chi connectivity index (χ0v) is 25.2. The van der Waals surface area contributed by atoms with Crippen molar-refractivity contribution in [2.24, 2.45) is 0 Å². The molecule has 1 aromatic heterocycles. The molecule has 0 unspecified atom stereocenters. The lowest BCUT2D eigenvalue weighted by Crippen LogP contribution is -2.54. The summed E-state index contributed by atoms with van der Waals surface area (Å²) < 4.78 is 14.5. The largest absolute Gasteiger partial charge is 0.494 e. The summed E-state index contributed by atoms with van der Waals surface area (Å²) in [6, 6.07) is 24.8. The SMILES string of the molecule is CCOc1ccc(N2C(=O)/C(=C/c3cc(C)n(-c4ccc(OCc5ccc(Br)cc5)cc4)c3C)C(=O)NC2=S)cc1. The van der Waals surface area contributed by atoms with Crippen LogP contribution in [0.25, 0.3) is 11.8 Å². The molecule has 1 saturated heterocycles. The van der Waals surface area contributed by atoms with E-state index in [2.05, 4.69) is 25.8 Å². The van der Waals surface area contributed by atoms with Gasteiger partial charge in [-0.3, -0.25) is 19.8 Å². The number of nitrogens with one attached hydrogen (secondary N) is 1. The number of benzene rings is 3. The number of anilines is 1. The minimum absolute atomic E-state index is 0.00410. The van der Waals surface area contributed by atoms with E-state index in [4.69, 9.17) is 21.7 Å². The van der Waals surface area contributed by atoms with Gasteiger partial charge in [-0.15, -0.1) is 0 Å². The minimum Gasteiger partial charge on any atom is -0.494 e. The predicted molar refractivity (Wildman–Crippen MR) is 168 cm³/mol. The van der Waals surface area contributed by atoms with Crippen LogP contribution in [0.2, 0.25) is 0 Å². The van der Waals surface area contributed by atoms with Crippen LogP contribution in [0.4, 0.5) is 5.69 Å². The molecule has 1 fully saturated rings. The monoisotopic (exact) mass is 629 g/mol. The normalized spacial score (nSPS) is 14.4. The van der Waals surface area contributed by atoms with Gasteiger partial charge in [0.2, 0.25) is 0 Å². The molecule has 0 bridgehead atoms. The molecule has 9 heteroatoms. The van der Waals surface area contributed by atoms with E-state index in [1.54, 1.807) is 30.3 Å². The third-order valence-corrected chi connectivity index (χ3v) is 7.50. The molecule has 0 saturated carbocycles. The Balaban J connectivity index is 1.37. The van der Waals surface area contributed by atoms with Crippen LogP contribution in [0.1, 0.15) is 29.4 Å². The van der Waals surface area contributed by atoms with E-state index < -0.39 is 11.8 Å². The summed E-state index contributed by atoms with van der Waals surface area (Å²) in [6.07, 6.45) is 1.62. The van der Waals surface area contributed by atoms with Gasteiger partial charge in [0.05, 0.1) is 12.3 Å². The number of nitrogens with zero attached hydrogens (tertiary/aromatic N) is 2. The molecular formula is C32H28BrN3O4S. The van der Waals surface area contributed by atoms with Gasteiger partial charge in [-0.2, -0.15) is 0 Å². The summed E-state index contributed by atoms with van der Waals surface area (Å²) in [5.41, 5.74) is 5.18. The predicted octanol–water partition coefficient (Wildman–Crippen LogP) is 6.67. The standard InChI is InChI=1S/C32H28BrN3O4S/c1-4-39-27-13-11-26(12-14-27)36-31(38)29(30(37)34-32(36)41)18-23-17-20(2)35(21(23)3)25-9-15-28(16-10-25)40-19-22-5-7-24(33)8-6-22/h5-18H,4,19H2,1-3H3,(H,34,37,41)/b29-18+. The van der Waals surface area contributed by atoms with Crippen molar-refractivity contribution in [2.75, 3.05) is 11.5 Å². The molecule has 2 heterocycles. The Morgan fingerprint density at radius 3 is 2.12 bits per heavy atom. The Morgan fingerprint density at radius 2 is 1.49 bits per heavy atom. The second-order valence-electron chi connectivity index (χ2n) is 9.46. The summed E-state index contributed by atoms with van der Waals surface area (Å²) in [5, 5.41) is 2.68. The van der Waals surface area contributed by atoms with Crippen LogP contribution in [-0.4, -0.2) is 28.1 Å². The van der Waals surface area contributed by atoms with Crippen molar-refractivity contribution in [1.82, 2.24) is 9.88 Å². The Labute approximate surface area is 252 Å². The average Bonchev–Trinajstić information content (AvgIpc) is 3.24. The van der Waals surface area contributed by atoms with Gasteiger partial charge in [-0.1, -0.05) is 28.1 Å². The number of amides is 2. The average molecular weight is 631 g/mol. The highest BCUT2D eigenvalue weighted by Crippen LogP contribution is 2.28. The van der Waals surface area contributed by atoms with E-state index >= 15 is 0 Å². The molecule has 0 atom stereocenters. The number of aryl methyl sites for hydroxylation is 1. The van der Waals surface area contributed by atoms with Gasteiger partial charge in [0.15, 0.2) is 5.11 Å². The number of ether oxygens (including phenoxy) is 2. The Morgan fingerprint density at radius 1 is 0.878 bits per heavy atom. The lowest BCUT2D eigenvalue weighted by Gasteiger charge is -2.29. The molecule has 4 aromatic rings. The number of hydrogen-bond acceptors (Lipinski definition) is 5. The first-order valence-corrected chi connectivity index (χ1v) is 14.3.